The van der Waals surface area contributed by atoms with Crippen LogP contribution in [-0.4, -0.2) is 5.97 Å². The van der Waals surface area contributed by atoms with E-state index in [0.717, 1.165) is 6.26 Å². The molecule has 2 nitrogen and oxygen atoms in total. The highest BCUT2D eigenvalue weighted by Crippen LogP contribution is 2.15. The number of fused-ring (bicyclic) bond motifs is 1. The number of hydrogen-bond donors (Lipinski definition) is 0. The van der Waals surface area contributed by atoms with Crippen molar-refractivity contribution in [3.05, 3.63) is 67.4 Å². The fourth-order valence-electron chi connectivity index (χ4n) is 1.45. The lowest BCUT2D eigenvalue weighted by Crippen LogP contribution is -1.87. The van der Waals surface area contributed by atoms with Crippen molar-refractivity contribution in [3.8, 4) is 0 Å². The number of hydrogen-bond acceptors (Lipinski definition) is 2. The Morgan fingerprint density at radius 3 is 2.28 bits per heavy atom. The Bertz CT molecular complexity index is 556. The van der Waals surface area contributed by atoms with Crippen molar-refractivity contribution in [2.45, 2.75) is 6.92 Å². The van der Waals surface area contributed by atoms with Crippen molar-refractivity contribution in [1.29, 1.82) is 0 Å². The fraction of sp³-hybridized carbons (Fsp3) is 0.0625. The Kier molecular flexibility index (Phi) is 5.39. The van der Waals surface area contributed by atoms with Gasteiger partial charge in [-0.05, 0) is 22.4 Å². The molecule has 0 aliphatic rings. The van der Waals surface area contributed by atoms with E-state index < -0.39 is 0 Å². The molecule has 2 heteroatoms. The molecule has 0 spiro atoms. The first kappa shape index (κ1) is 13.7. The van der Waals surface area contributed by atoms with Gasteiger partial charge in [-0.3, -0.25) is 4.79 Å². The molecular formula is C16H16O2. The number of carbonyl (C=O) groups is 1. The van der Waals surface area contributed by atoms with Gasteiger partial charge in [0, 0.05) is 6.92 Å². The molecular weight excluding hydrogens is 224 g/mol. The standard InChI is InChI=1S/C12H10.C4H6O2/c1-2-10-7-8-11-5-3-4-6-12(11)9-10;1-3-6-4(2)5/h2-9H,1H2;3H,1H2,2H3. The Labute approximate surface area is 107 Å². The van der Waals surface area contributed by atoms with Crippen LogP contribution in [0, 0.1) is 0 Å². The Morgan fingerprint density at radius 2 is 1.78 bits per heavy atom. The second-order valence-electron chi connectivity index (χ2n) is 3.59. The molecule has 0 saturated carbocycles. The molecule has 0 unspecified atom stereocenters. The summed E-state index contributed by atoms with van der Waals surface area (Å²) in [4.78, 5) is 9.75. The maximum atomic E-state index is 9.75. The topological polar surface area (TPSA) is 26.3 Å². The first-order valence-corrected chi connectivity index (χ1v) is 5.56. The van der Waals surface area contributed by atoms with Gasteiger partial charge in [0.2, 0.25) is 0 Å². The maximum absolute atomic E-state index is 9.75. The van der Waals surface area contributed by atoms with Crippen LogP contribution in [0.4, 0.5) is 0 Å². The van der Waals surface area contributed by atoms with Gasteiger partial charge in [-0.2, -0.15) is 0 Å². The minimum atomic E-state index is -0.329. The van der Waals surface area contributed by atoms with Crippen LogP contribution in [0.15, 0.2) is 61.9 Å². The van der Waals surface area contributed by atoms with Crippen LogP contribution in [0.1, 0.15) is 12.5 Å². The first-order valence-electron chi connectivity index (χ1n) is 5.56. The van der Waals surface area contributed by atoms with Crippen LogP contribution in [-0.2, 0) is 9.53 Å². The van der Waals surface area contributed by atoms with Crippen LogP contribution >= 0.6 is 0 Å². The predicted molar refractivity (Wildman–Crippen MR) is 76.0 cm³/mol. The van der Waals surface area contributed by atoms with Gasteiger partial charge in [-0.1, -0.05) is 55.6 Å². The van der Waals surface area contributed by atoms with Crippen LogP contribution in [0.5, 0.6) is 0 Å². The minimum Gasteiger partial charge on any atom is -0.435 e. The van der Waals surface area contributed by atoms with Gasteiger partial charge < -0.3 is 4.74 Å². The zero-order valence-corrected chi connectivity index (χ0v) is 10.4. The van der Waals surface area contributed by atoms with Gasteiger partial charge in [-0.15, -0.1) is 0 Å². The molecule has 2 aromatic rings. The Balaban J connectivity index is 0.000000232. The third kappa shape index (κ3) is 4.26. The summed E-state index contributed by atoms with van der Waals surface area (Å²) in [6, 6.07) is 14.7. The lowest BCUT2D eigenvalue weighted by Gasteiger charge is -1.97. The van der Waals surface area contributed by atoms with E-state index in [4.69, 9.17) is 0 Å². The summed E-state index contributed by atoms with van der Waals surface area (Å²) in [7, 11) is 0. The molecule has 0 bridgehead atoms. The average molecular weight is 240 g/mol. The Hall–Kier alpha value is -2.35. The molecule has 2 aromatic carbocycles. The summed E-state index contributed by atoms with van der Waals surface area (Å²) in [5.74, 6) is -0.329. The predicted octanol–water partition coefficient (Wildman–Crippen LogP) is 4.18. The monoisotopic (exact) mass is 240 g/mol. The van der Waals surface area contributed by atoms with E-state index in [1.54, 1.807) is 0 Å². The van der Waals surface area contributed by atoms with Gasteiger partial charge in [0.05, 0.1) is 6.26 Å². The summed E-state index contributed by atoms with van der Waals surface area (Å²) in [6.45, 7) is 8.22. The van der Waals surface area contributed by atoms with Gasteiger partial charge in [0.25, 0.3) is 0 Å². The van der Waals surface area contributed by atoms with Crippen molar-refractivity contribution >= 4 is 22.8 Å². The van der Waals surface area contributed by atoms with Gasteiger partial charge in [-0.25, -0.2) is 0 Å². The molecule has 0 saturated heterocycles. The number of benzene rings is 2. The summed E-state index contributed by atoms with van der Waals surface area (Å²) < 4.78 is 4.17. The minimum absolute atomic E-state index is 0.329. The number of ether oxygens (including phenoxy) is 1. The average Bonchev–Trinajstić information content (AvgIpc) is 2.38. The molecule has 0 aliphatic carbocycles. The van der Waals surface area contributed by atoms with E-state index in [0.29, 0.717) is 0 Å². The van der Waals surface area contributed by atoms with Crippen LogP contribution in [0.25, 0.3) is 16.8 Å². The summed E-state index contributed by atoms with van der Waals surface area (Å²) in [5.41, 5.74) is 1.17. The van der Waals surface area contributed by atoms with E-state index in [1.807, 2.05) is 6.08 Å². The third-order valence-corrected chi connectivity index (χ3v) is 2.26. The van der Waals surface area contributed by atoms with E-state index in [-0.39, 0.29) is 5.97 Å². The zero-order valence-electron chi connectivity index (χ0n) is 10.4. The number of rotatable bonds is 2. The fourth-order valence-corrected chi connectivity index (χ4v) is 1.45. The van der Waals surface area contributed by atoms with Gasteiger partial charge in [0.15, 0.2) is 0 Å². The first-order chi connectivity index (χ1) is 8.67. The molecule has 0 aliphatic heterocycles. The second kappa shape index (κ2) is 7.07. The highest BCUT2D eigenvalue weighted by atomic mass is 16.5. The highest BCUT2D eigenvalue weighted by Gasteiger charge is 1.90. The molecule has 92 valence electrons. The molecule has 0 aromatic heterocycles. The van der Waals surface area contributed by atoms with Crippen molar-refractivity contribution in [1.82, 2.24) is 0 Å². The quantitative estimate of drug-likeness (QED) is 0.581. The van der Waals surface area contributed by atoms with E-state index >= 15 is 0 Å². The van der Waals surface area contributed by atoms with Crippen molar-refractivity contribution in [2.75, 3.05) is 0 Å². The maximum Gasteiger partial charge on any atom is 0.307 e. The summed E-state index contributed by atoms with van der Waals surface area (Å²) >= 11 is 0. The third-order valence-electron chi connectivity index (χ3n) is 2.26. The van der Waals surface area contributed by atoms with Crippen molar-refractivity contribution < 1.29 is 9.53 Å². The smallest absolute Gasteiger partial charge is 0.307 e. The SMILES string of the molecule is C=COC(C)=O.C=Cc1ccc2ccccc2c1. The molecule has 18 heavy (non-hydrogen) atoms. The molecule has 0 radical (unpaired) electrons. The Morgan fingerprint density at radius 1 is 1.11 bits per heavy atom. The molecule has 0 heterocycles. The normalized spacial score (nSPS) is 8.94. The lowest BCUT2D eigenvalue weighted by atomic mass is 10.1. The highest BCUT2D eigenvalue weighted by molar-refractivity contribution is 5.84. The van der Waals surface area contributed by atoms with E-state index in [9.17, 15) is 4.79 Å². The molecule has 0 amide bonds. The largest absolute Gasteiger partial charge is 0.435 e. The van der Waals surface area contributed by atoms with Crippen molar-refractivity contribution in [3.63, 3.8) is 0 Å². The van der Waals surface area contributed by atoms with Crippen LogP contribution in [0.3, 0.4) is 0 Å². The van der Waals surface area contributed by atoms with E-state index in [1.165, 1.54) is 23.3 Å². The number of esters is 1. The van der Waals surface area contributed by atoms with Crippen LogP contribution < -0.4 is 0 Å². The molecule has 0 fully saturated rings. The lowest BCUT2D eigenvalue weighted by molar-refractivity contribution is -0.135. The van der Waals surface area contributed by atoms with Crippen molar-refractivity contribution in [2.24, 2.45) is 0 Å². The van der Waals surface area contributed by atoms with Gasteiger partial charge in [0.1, 0.15) is 0 Å². The van der Waals surface area contributed by atoms with E-state index in [2.05, 4.69) is 60.4 Å². The van der Waals surface area contributed by atoms with Gasteiger partial charge >= 0.3 is 5.97 Å². The van der Waals surface area contributed by atoms with Crippen LogP contribution in [0.2, 0.25) is 0 Å². The summed E-state index contributed by atoms with van der Waals surface area (Å²) in [5, 5.41) is 2.55. The zero-order chi connectivity index (χ0) is 13.4. The molecule has 0 N–H and O–H groups in total. The molecule has 2 rings (SSSR count). The number of carbonyl (C=O) groups excluding carboxylic acids is 1. The molecule has 0 atom stereocenters. The summed E-state index contributed by atoms with van der Waals surface area (Å²) in [6.07, 6.45) is 2.97. The second-order valence-corrected chi connectivity index (χ2v) is 3.59.